The smallest absolute Gasteiger partial charge is 0.322 e. The number of halogens is 1. The summed E-state index contributed by atoms with van der Waals surface area (Å²) in [5, 5.41) is 21.9. The highest BCUT2D eigenvalue weighted by Gasteiger charge is 2.19. The Hall–Kier alpha value is -3.32. The van der Waals surface area contributed by atoms with E-state index in [1.54, 1.807) is 24.3 Å². The molecule has 26 heavy (non-hydrogen) atoms. The second-order valence-electron chi connectivity index (χ2n) is 5.30. The van der Waals surface area contributed by atoms with Crippen LogP contribution in [0.25, 0.3) is 10.8 Å². The number of hydrogen-bond acceptors (Lipinski definition) is 5. The number of aliphatic carboxylic acids is 1. The van der Waals surface area contributed by atoms with E-state index in [0.717, 1.165) is 0 Å². The summed E-state index contributed by atoms with van der Waals surface area (Å²) < 4.78 is 5.71. The first kappa shape index (κ1) is 17.5. The fourth-order valence-electron chi connectivity index (χ4n) is 2.32. The van der Waals surface area contributed by atoms with Crippen molar-refractivity contribution in [3.63, 3.8) is 0 Å². The molecular formula is C18H13ClN2O5. The van der Waals surface area contributed by atoms with Crippen molar-refractivity contribution in [2.75, 3.05) is 6.54 Å². The fraction of sp³-hybridized carbons (Fsp3) is 0.0556. The molecule has 0 unspecified atom stereocenters. The summed E-state index contributed by atoms with van der Waals surface area (Å²) in [4.78, 5) is 26.5. The third-order valence-corrected chi connectivity index (χ3v) is 3.78. The molecule has 1 heterocycles. The molecule has 3 N–H and O–H groups in total. The predicted molar refractivity (Wildman–Crippen MR) is 94.9 cm³/mol. The Morgan fingerprint density at radius 1 is 1.08 bits per heavy atom. The first-order chi connectivity index (χ1) is 12.5. The van der Waals surface area contributed by atoms with Crippen LogP contribution in [-0.2, 0) is 4.79 Å². The molecule has 0 fully saturated rings. The number of amides is 1. The van der Waals surface area contributed by atoms with Crippen molar-refractivity contribution in [3.8, 4) is 17.2 Å². The third kappa shape index (κ3) is 3.68. The van der Waals surface area contributed by atoms with Crippen LogP contribution in [0.15, 0.2) is 48.5 Å². The number of pyridine rings is 1. The van der Waals surface area contributed by atoms with Crippen LogP contribution >= 0.6 is 11.6 Å². The van der Waals surface area contributed by atoms with Gasteiger partial charge in [0.2, 0.25) is 0 Å². The summed E-state index contributed by atoms with van der Waals surface area (Å²) in [6.45, 7) is -0.604. The van der Waals surface area contributed by atoms with E-state index in [9.17, 15) is 14.7 Å². The van der Waals surface area contributed by atoms with E-state index < -0.39 is 24.2 Å². The summed E-state index contributed by atoms with van der Waals surface area (Å²) in [6, 6.07) is 13.8. The van der Waals surface area contributed by atoms with Crippen LogP contribution in [0.3, 0.4) is 0 Å². The molecule has 8 heteroatoms. The Labute approximate surface area is 152 Å². The number of hydrogen-bond donors (Lipinski definition) is 3. The lowest BCUT2D eigenvalue weighted by Crippen LogP contribution is -2.30. The first-order valence-corrected chi connectivity index (χ1v) is 7.88. The lowest BCUT2D eigenvalue weighted by molar-refractivity contribution is -0.135. The minimum atomic E-state index is -1.22. The zero-order chi connectivity index (χ0) is 18.7. The number of carboxylic acids is 1. The summed E-state index contributed by atoms with van der Waals surface area (Å²) in [5.74, 6) is -1.44. The highest BCUT2D eigenvalue weighted by molar-refractivity contribution is 6.35. The molecule has 0 atom stereocenters. The molecule has 3 aromatic rings. The number of carbonyl (C=O) groups is 2. The highest BCUT2D eigenvalue weighted by atomic mass is 35.5. The molecule has 0 aliphatic heterocycles. The van der Waals surface area contributed by atoms with Crippen LogP contribution in [0.5, 0.6) is 17.2 Å². The average Bonchev–Trinajstić information content (AvgIpc) is 2.63. The second kappa shape index (κ2) is 7.28. The molecular weight excluding hydrogens is 360 g/mol. The summed E-state index contributed by atoms with van der Waals surface area (Å²) in [6.07, 6.45) is 0. The molecule has 0 aliphatic carbocycles. The topological polar surface area (TPSA) is 109 Å². The van der Waals surface area contributed by atoms with E-state index in [1.807, 2.05) is 18.2 Å². The number of carbonyl (C=O) groups excluding carboxylic acids is 1. The van der Waals surface area contributed by atoms with Gasteiger partial charge in [0.05, 0.1) is 0 Å². The van der Waals surface area contributed by atoms with Gasteiger partial charge >= 0.3 is 5.97 Å². The fourth-order valence-corrected chi connectivity index (χ4v) is 2.57. The van der Waals surface area contributed by atoms with Gasteiger partial charge in [-0.25, -0.2) is 4.98 Å². The normalized spacial score (nSPS) is 10.5. The Balaban J connectivity index is 2.00. The van der Waals surface area contributed by atoms with E-state index in [-0.39, 0.29) is 16.2 Å². The molecule has 0 bridgehead atoms. The van der Waals surface area contributed by atoms with E-state index in [4.69, 9.17) is 21.4 Å². The van der Waals surface area contributed by atoms with E-state index in [1.165, 1.54) is 6.07 Å². The number of rotatable bonds is 5. The van der Waals surface area contributed by atoms with Gasteiger partial charge in [0, 0.05) is 10.8 Å². The molecule has 0 saturated carbocycles. The van der Waals surface area contributed by atoms with Crippen molar-refractivity contribution < 1.29 is 24.5 Å². The minimum Gasteiger partial charge on any atom is -0.505 e. The van der Waals surface area contributed by atoms with Crippen molar-refractivity contribution >= 4 is 34.2 Å². The maximum atomic E-state index is 12.1. The Morgan fingerprint density at radius 3 is 2.50 bits per heavy atom. The molecule has 2 aromatic carbocycles. The van der Waals surface area contributed by atoms with E-state index >= 15 is 0 Å². The van der Waals surface area contributed by atoms with Crippen LogP contribution in [0.2, 0.25) is 5.15 Å². The lowest BCUT2D eigenvalue weighted by atomic mass is 10.1. The monoisotopic (exact) mass is 372 g/mol. The molecule has 7 nitrogen and oxygen atoms in total. The Kier molecular flexibility index (Phi) is 4.90. The maximum absolute atomic E-state index is 12.1. The number of nitrogens with one attached hydrogen (secondary N) is 1. The molecule has 132 valence electrons. The van der Waals surface area contributed by atoms with Gasteiger partial charge in [-0.05, 0) is 30.3 Å². The van der Waals surface area contributed by atoms with Crippen molar-refractivity contribution in [2.24, 2.45) is 0 Å². The number of nitrogens with zero attached hydrogens (tertiary/aromatic N) is 1. The summed E-state index contributed by atoms with van der Waals surface area (Å²) in [7, 11) is 0. The average molecular weight is 373 g/mol. The molecule has 1 aromatic heterocycles. The molecule has 0 radical (unpaired) electrons. The maximum Gasteiger partial charge on any atom is 0.322 e. The predicted octanol–water partition coefficient (Wildman–Crippen LogP) is 3.20. The van der Waals surface area contributed by atoms with Gasteiger partial charge in [0.25, 0.3) is 5.91 Å². The first-order valence-electron chi connectivity index (χ1n) is 7.51. The molecule has 3 rings (SSSR count). The van der Waals surface area contributed by atoms with Crippen LogP contribution in [0.1, 0.15) is 10.5 Å². The minimum absolute atomic E-state index is 0.00420. The number of carboxylic acid groups (broad SMARTS) is 1. The number of fused-ring (bicyclic) bond motifs is 1. The number of aromatic nitrogens is 1. The van der Waals surface area contributed by atoms with Crippen molar-refractivity contribution in [3.05, 3.63) is 59.4 Å². The summed E-state index contributed by atoms with van der Waals surface area (Å²) in [5.41, 5.74) is -0.361. The third-order valence-electron chi connectivity index (χ3n) is 3.50. The number of benzene rings is 2. The lowest BCUT2D eigenvalue weighted by Gasteiger charge is -2.11. The highest BCUT2D eigenvalue weighted by Crippen LogP contribution is 2.35. The molecule has 0 aliphatic rings. The number of para-hydroxylation sites is 1. The standard InChI is InChI=1S/C18H13ClN2O5/c19-17-12-7-6-11(26-10-4-2-1-3-5-10)8-13(12)16(24)15(21-17)18(25)20-9-14(22)23/h1-8,24H,9H2,(H,20,25)(H,22,23). The van der Waals surface area contributed by atoms with Crippen LogP contribution in [0.4, 0.5) is 0 Å². The van der Waals surface area contributed by atoms with Gasteiger partial charge in [0.1, 0.15) is 23.2 Å². The molecule has 0 spiro atoms. The zero-order valence-corrected chi connectivity index (χ0v) is 14.0. The van der Waals surface area contributed by atoms with Gasteiger partial charge in [-0.1, -0.05) is 29.8 Å². The van der Waals surface area contributed by atoms with Crippen molar-refractivity contribution in [1.29, 1.82) is 0 Å². The summed E-state index contributed by atoms with van der Waals surface area (Å²) >= 11 is 6.09. The second-order valence-corrected chi connectivity index (χ2v) is 5.66. The van der Waals surface area contributed by atoms with E-state index in [0.29, 0.717) is 16.9 Å². The quantitative estimate of drug-likeness (QED) is 0.593. The van der Waals surface area contributed by atoms with E-state index in [2.05, 4.69) is 10.3 Å². The van der Waals surface area contributed by atoms with Gasteiger partial charge < -0.3 is 20.3 Å². The molecule has 1 amide bonds. The van der Waals surface area contributed by atoms with Gasteiger partial charge in [-0.2, -0.15) is 0 Å². The zero-order valence-electron chi connectivity index (χ0n) is 13.3. The van der Waals surface area contributed by atoms with Crippen molar-refractivity contribution in [2.45, 2.75) is 0 Å². The Morgan fingerprint density at radius 2 is 1.81 bits per heavy atom. The van der Waals surface area contributed by atoms with Gasteiger partial charge in [0.15, 0.2) is 11.4 Å². The van der Waals surface area contributed by atoms with Gasteiger partial charge in [-0.3, -0.25) is 9.59 Å². The number of aromatic hydroxyl groups is 1. The van der Waals surface area contributed by atoms with Crippen LogP contribution < -0.4 is 10.1 Å². The van der Waals surface area contributed by atoms with Crippen molar-refractivity contribution in [1.82, 2.24) is 10.3 Å². The SMILES string of the molecule is O=C(O)CNC(=O)c1nc(Cl)c2ccc(Oc3ccccc3)cc2c1O. The Bertz CT molecular complexity index is 992. The number of ether oxygens (including phenoxy) is 1. The van der Waals surface area contributed by atoms with Gasteiger partial charge in [-0.15, -0.1) is 0 Å². The van der Waals surface area contributed by atoms with Crippen LogP contribution in [-0.4, -0.2) is 33.6 Å². The van der Waals surface area contributed by atoms with Crippen LogP contribution in [0, 0.1) is 0 Å². The molecule has 0 saturated heterocycles. The largest absolute Gasteiger partial charge is 0.505 e.